The average Bonchev–Trinajstić information content (AvgIpc) is 3.49. The Labute approximate surface area is 254 Å². The van der Waals surface area contributed by atoms with Gasteiger partial charge in [0, 0.05) is 13.6 Å². The number of imidazole rings is 1. The van der Waals surface area contributed by atoms with Crippen LogP contribution in [0.3, 0.4) is 0 Å². The van der Waals surface area contributed by atoms with Crippen molar-refractivity contribution in [2.75, 3.05) is 31.0 Å². The number of carbonyl (C=O) groups excluding carboxylic acids is 1. The molecule has 0 unspecified atom stereocenters. The number of nitrogens with zero attached hydrogens (tertiary/aromatic N) is 5. The maximum Gasteiger partial charge on any atom is 0.459 e. The number of hydrogen-bond donors (Lipinski definition) is 2. The van der Waals surface area contributed by atoms with Gasteiger partial charge in [-0.25, -0.2) is 23.9 Å². The third-order valence-corrected chi connectivity index (χ3v) is 8.90. The second kappa shape index (κ2) is 13.4. The molecular formula is C27H37ClFN6O7P. The Hall–Kier alpha value is -2.87. The summed E-state index contributed by atoms with van der Waals surface area (Å²) in [4.78, 5) is 27.6. The van der Waals surface area contributed by atoms with Crippen LogP contribution in [-0.2, 0) is 23.4 Å². The quantitative estimate of drug-likeness (QED) is 0.158. The minimum atomic E-state index is -4.36. The zero-order valence-electron chi connectivity index (χ0n) is 24.8. The summed E-state index contributed by atoms with van der Waals surface area (Å²) in [5.74, 6) is 0.0252. The highest BCUT2D eigenvalue weighted by atomic mass is 35.5. The Balaban J connectivity index is 1.62. The first kappa shape index (κ1) is 33.0. The number of aromatic nitrogens is 4. The van der Waals surface area contributed by atoms with E-state index in [2.05, 4.69) is 20.0 Å². The zero-order valence-corrected chi connectivity index (χ0v) is 26.5. The predicted octanol–water partition coefficient (Wildman–Crippen LogP) is 3.93. The van der Waals surface area contributed by atoms with E-state index in [1.165, 1.54) is 17.8 Å². The Morgan fingerprint density at radius 3 is 2.63 bits per heavy atom. The van der Waals surface area contributed by atoms with Gasteiger partial charge < -0.3 is 24.0 Å². The van der Waals surface area contributed by atoms with Crippen LogP contribution in [0, 0.1) is 6.92 Å². The van der Waals surface area contributed by atoms with E-state index in [1.54, 1.807) is 51.1 Å². The number of fused-ring (bicyclic) bond motifs is 1. The highest BCUT2D eigenvalue weighted by molar-refractivity contribution is 7.52. The first-order valence-corrected chi connectivity index (χ1v) is 15.9. The number of anilines is 1. The lowest BCUT2D eigenvalue weighted by Crippen LogP contribution is -2.48. The number of halogens is 2. The molecule has 3 aromatic rings. The van der Waals surface area contributed by atoms with E-state index >= 15 is 4.39 Å². The molecule has 6 atom stereocenters. The van der Waals surface area contributed by atoms with Gasteiger partial charge in [-0.05, 0) is 46.8 Å². The number of alkyl halides is 2. The van der Waals surface area contributed by atoms with Crippen molar-refractivity contribution in [3.05, 3.63) is 42.5 Å². The molecule has 4 rings (SSSR count). The van der Waals surface area contributed by atoms with Crippen molar-refractivity contribution in [3.8, 4) is 5.75 Å². The van der Waals surface area contributed by atoms with Gasteiger partial charge in [-0.2, -0.15) is 5.09 Å². The molecule has 1 saturated heterocycles. The summed E-state index contributed by atoms with van der Waals surface area (Å²) in [6.45, 7) is 8.41. The van der Waals surface area contributed by atoms with Gasteiger partial charge in [0.05, 0.1) is 24.9 Å². The van der Waals surface area contributed by atoms with E-state index in [4.69, 9.17) is 30.1 Å². The van der Waals surface area contributed by atoms with Crippen LogP contribution in [0.25, 0.3) is 11.2 Å². The molecule has 0 bridgehead atoms. The van der Waals surface area contributed by atoms with Crippen molar-refractivity contribution in [2.24, 2.45) is 0 Å². The molecule has 13 nitrogen and oxygen atoms in total. The molecule has 2 N–H and O–H groups in total. The lowest BCUT2D eigenvalue weighted by Gasteiger charge is -2.31. The van der Waals surface area contributed by atoms with Gasteiger partial charge in [-0.3, -0.25) is 13.9 Å². The van der Waals surface area contributed by atoms with E-state index in [0.29, 0.717) is 29.4 Å². The lowest BCUT2D eigenvalue weighted by molar-refractivity contribution is -0.149. The summed E-state index contributed by atoms with van der Waals surface area (Å²) in [5, 5.41) is 13.6. The first-order chi connectivity index (χ1) is 20.3. The third kappa shape index (κ3) is 7.11. The number of rotatable bonds is 13. The number of para-hydroxylation sites is 1. The van der Waals surface area contributed by atoms with E-state index in [9.17, 15) is 14.5 Å². The van der Waals surface area contributed by atoms with Gasteiger partial charge in [0.15, 0.2) is 29.4 Å². The molecule has 0 amide bonds. The molecule has 1 aliphatic rings. The van der Waals surface area contributed by atoms with Crippen LogP contribution < -0.4 is 14.5 Å². The van der Waals surface area contributed by atoms with Crippen LogP contribution in [0.4, 0.5) is 10.2 Å². The molecule has 0 aliphatic carbocycles. The molecule has 1 aromatic carbocycles. The Morgan fingerprint density at radius 1 is 1.30 bits per heavy atom. The second-order valence-electron chi connectivity index (χ2n) is 10.5. The highest BCUT2D eigenvalue weighted by Crippen LogP contribution is 2.49. The van der Waals surface area contributed by atoms with Gasteiger partial charge in [0.2, 0.25) is 0 Å². The van der Waals surface area contributed by atoms with Crippen molar-refractivity contribution >= 4 is 42.3 Å². The van der Waals surface area contributed by atoms with Gasteiger partial charge in [-0.1, -0.05) is 18.2 Å². The Morgan fingerprint density at radius 2 is 2.00 bits per heavy atom. The molecule has 43 heavy (non-hydrogen) atoms. The summed E-state index contributed by atoms with van der Waals surface area (Å²) in [6.07, 6.45) is -4.27. The molecule has 0 saturated carbocycles. The van der Waals surface area contributed by atoms with Gasteiger partial charge in [0.1, 0.15) is 29.3 Å². The standard InChI is InChI=1S/C27H37ClFN6O7P/c1-7-34(6)23-21-24(32-18(5)31-23)35(15-30-21)25-20(29)22(36)27(13-28,41-25)14-39-43(38,42-19-11-9-8-10-12-19)33-17(4)26(37)40-16(2)3/h8-12,15-17,20,22,25,36H,7,13-14H2,1-6H3,(H,33,38)/t17-,20-,22-,25+,27+,43-/m0/s1. The van der Waals surface area contributed by atoms with Crippen molar-refractivity contribution in [3.63, 3.8) is 0 Å². The fourth-order valence-electron chi connectivity index (χ4n) is 4.44. The van der Waals surface area contributed by atoms with E-state index in [-0.39, 0.29) is 5.75 Å². The van der Waals surface area contributed by atoms with Crippen LogP contribution >= 0.6 is 19.3 Å². The van der Waals surface area contributed by atoms with Crippen LogP contribution in [0.5, 0.6) is 5.75 Å². The van der Waals surface area contributed by atoms with Crippen LogP contribution in [-0.4, -0.2) is 86.7 Å². The summed E-state index contributed by atoms with van der Waals surface area (Å²) in [7, 11) is -2.52. The van der Waals surface area contributed by atoms with Crippen LogP contribution in [0.1, 0.15) is 39.7 Å². The minimum absolute atomic E-state index is 0.171. The van der Waals surface area contributed by atoms with E-state index in [0.717, 1.165) is 0 Å². The monoisotopic (exact) mass is 642 g/mol. The molecule has 236 valence electrons. The second-order valence-corrected chi connectivity index (χ2v) is 12.5. The number of carbonyl (C=O) groups is 1. The largest absolute Gasteiger partial charge is 0.462 e. The van der Waals surface area contributed by atoms with Gasteiger partial charge in [0.25, 0.3) is 0 Å². The molecule has 0 radical (unpaired) electrons. The summed E-state index contributed by atoms with van der Waals surface area (Å²) >= 11 is 6.27. The normalized spacial score (nSPS) is 24.2. The molecule has 3 heterocycles. The molecular weight excluding hydrogens is 606 g/mol. The Bertz CT molecular complexity index is 1470. The fourth-order valence-corrected chi connectivity index (χ4v) is 6.28. The smallest absolute Gasteiger partial charge is 0.459 e. The molecule has 0 spiro atoms. The third-order valence-electron chi connectivity index (χ3n) is 6.82. The number of aryl methyl sites for hydroxylation is 1. The van der Waals surface area contributed by atoms with E-state index < -0.39 is 62.5 Å². The van der Waals surface area contributed by atoms with Crippen molar-refractivity contribution in [1.29, 1.82) is 0 Å². The maximum absolute atomic E-state index is 15.8. The molecule has 16 heteroatoms. The highest BCUT2D eigenvalue weighted by Gasteiger charge is 2.57. The van der Waals surface area contributed by atoms with Crippen molar-refractivity contribution in [1.82, 2.24) is 24.6 Å². The maximum atomic E-state index is 15.8. The topological polar surface area (TPSA) is 150 Å². The van der Waals surface area contributed by atoms with Gasteiger partial charge in [-0.15, -0.1) is 11.6 Å². The summed E-state index contributed by atoms with van der Waals surface area (Å²) in [5.41, 5.74) is -1.15. The molecule has 1 aliphatic heterocycles. The molecule has 2 aromatic heterocycles. The predicted molar refractivity (Wildman–Crippen MR) is 158 cm³/mol. The fraction of sp³-hybridized carbons (Fsp3) is 0.556. The van der Waals surface area contributed by atoms with Crippen LogP contribution in [0.15, 0.2) is 36.7 Å². The number of ether oxygens (including phenoxy) is 2. The molecule has 1 fully saturated rings. The number of aliphatic hydroxyl groups is 1. The summed E-state index contributed by atoms with van der Waals surface area (Å²) in [6, 6.07) is 7.01. The number of hydrogen-bond acceptors (Lipinski definition) is 11. The van der Waals surface area contributed by atoms with Crippen LogP contribution in [0.2, 0.25) is 0 Å². The van der Waals surface area contributed by atoms with Gasteiger partial charge >= 0.3 is 13.7 Å². The SMILES string of the molecule is CCN(C)c1nc(C)nc2c1ncn2[C@@H]1O[C@](CCl)(CO[P@@](=O)(N[C@@H](C)C(=O)OC(C)C)Oc2ccccc2)[C@@H](O)[C@@H]1F. The Kier molecular flexibility index (Phi) is 10.3. The zero-order chi connectivity index (χ0) is 31.5. The van der Waals surface area contributed by atoms with Crippen molar-refractivity contribution < 1.29 is 37.4 Å². The lowest BCUT2D eigenvalue weighted by atomic mass is 9.99. The number of nitrogens with one attached hydrogen (secondary N) is 1. The van der Waals surface area contributed by atoms with Crippen molar-refractivity contribution in [2.45, 2.75) is 70.9 Å². The number of benzene rings is 1. The minimum Gasteiger partial charge on any atom is -0.462 e. The average molecular weight is 643 g/mol. The summed E-state index contributed by atoms with van der Waals surface area (Å²) < 4.78 is 53.8. The number of aliphatic hydroxyl groups excluding tert-OH is 1. The number of esters is 1. The first-order valence-electron chi connectivity index (χ1n) is 13.8. The van der Waals surface area contributed by atoms with E-state index in [1.807, 2.05) is 18.9 Å².